The van der Waals surface area contributed by atoms with E-state index in [-0.39, 0.29) is 21.4 Å². The predicted molar refractivity (Wildman–Crippen MR) is 68.1 cm³/mol. The number of rotatable bonds is 3. The molecule has 0 N–H and O–H groups in total. The highest BCUT2D eigenvalue weighted by Gasteiger charge is 2.32. The minimum Gasteiger partial charge on any atom is -0.495 e. The number of methoxy groups -OCH3 is 1. The van der Waals surface area contributed by atoms with Gasteiger partial charge in [0.25, 0.3) is 3.12 Å². The number of hydrogen-bond donors (Lipinski definition) is 0. The molecule has 0 aliphatic carbocycles. The Labute approximate surface area is 112 Å². The second-order valence-electron chi connectivity index (χ2n) is 2.63. The SMILES string of the molecule is COc1ccccc1S(=O)(=O)SC(Cl)(Cl)Cl. The molecule has 0 radical (unpaired) electrons. The van der Waals surface area contributed by atoms with E-state index in [4.69, 9.17) is 39.5 Å². The van der Waals surface area contributed by atoms with E-state index in [0.29, 0.717) is 0 Å². The van der Waals surface area contributed by atoms with Gasteiger partial charge in [-0.2, -0.15) is 0 Å². The lowest BCUT2D eigenvalue weighted by molar-refractivity contribution is 0.403. The van der Waals surface area contributed by atoms with Crippen LogP contribution in [0.15, 0.2) is 29.2 Å². The first kappa shape index (κ1) is 14.3. The minimum absolute atomic E-state index is 0.0196. The first-order chi connectivity index (χ1) is 7.26. The van der Waals surface area contributed by atoms with Crippen LogP contribution in [0.2, 0.25) is 0 Å². The summed E-state index contributed by atoms with van der Waals surface area (Å²) >= 11 is 16.3. The Kier molecular flexibility index (Phi) is 4.66. The van der Waals surface area contributed by atoms with Crippen molar-refractivity contribution in [3.63, 3.8) is 0 Å². The Morgan fingerprint density at radius 2 is 1.81 bits per heavy atom. The highest BCUT2D eigenvalue weighted by Crippen LogP contribution is 2.46. The van der Waals surface area contributed by atoms with E-state index < -0.39 is 12.0 Å². The van der Waals surface area contributed by atoms with Gasteiger partial charge < -0.3 is 4.74 Å². The first-order valence-corrected chi connectivity index (χ1v) is 7.87. The van der Waals surface area contributed by atoms with Crippen molar-refractivity contribution in [3.8, 4) is 5.75 Å². The first-order valence-electron chi connectivity index (χ1n) is 3.91. The van der Waals surface area contributed by atoms with Gasteiger partial charge in [0.15, 0.2) is 0 Å². The van der Waals surface area contributed by atoms with Crippen LogP contribution in [0.3, 0.4) is 0 Å². The highest BCUT2D eigenvalue weighted by molar-refractivity contribution is 8.73. The summed E-state index contributed by atoms with van der Waals surface area (Å²) in [7, 11) is -2.17. The summed E-state index contributed by atoms with van der Waals surface area (Å²) in [5, 5.41) is 0. The summed E-state index contributed by atoms with van der Waals surface area (Å²) < 4.78 is 26.7. The second-order valence-corrected chi connectivity index (χ2v) is 9.53. The molecule has 0 saturated carbocycles. The second kappa shape index (κ2) is 5.23. The Hall–Kier alpha value is 0.190. The van der Waals surface area contributed by atoms with Crippen LogP contribution < -0.4 is 4.74 Å². The average Bonchev–Trinajstić information content (AvgIpc) is 2.14. The van der Waals surface area contributed by atoms with Crippen LogP contribution >= 0.6 is 45.6 Å². The van der Waals surface area contributed by atoms with Crippen molar-refractivity contribution < 1.29 is 13.2 Å². The minimum atomic E-state index is -3.76. The maximum atomic E-state index is 11.9. The number of para-hydroxylation sites is 1. The van der Waals surface area contributed by atoms with E-state index in [1.807, 2.05) is 0 Å². The molecule has 0 heterocycles. The van der Waals surface area contributed by atoms with E-state index in [0.717, 1.165) is 0 Å². The van der Waals surface area contributed by atoms with Crippen molar-refractivity contribution in [2.45, 2.75) is 8.02 Å². The molecule has 1 aromatic rings. The Morgan fingerprint density at radius 3 is 2.31 bits per heavy atom. The van der Waals surface area contributed by atoms with Crippen molar-refractivity contribution in [1.29, 1.82) is 0 Å². The molecular formula is C8H7Cl3O3S2. The van der Waals surface area contributed by atoms with E-state index in [1.54, 1.807) is 12.1 Å². The third kappa shape index (κ3) is 3.89. The normalized spacial score (nSPS) is 12.5. The Balaban J connectivity index is 3.17. The molecule has 8 heteroatoms. The van der Waals surface area contributed by atoms with E-state index in [1.165, 1.54) is 19.2 Å². The highest BCUT2D eigenvalue weighted by atomic mass is 35.6. The number of alkyl halides is 3. The standard InChI is InChI=1S/C8H7Cl3O3S2/c1-14-6-4-2-3-5-7(6)16(12,13)15-8(9,10)11/h2-5H,1H3. The quantitative estimate of drug-likeness (QED) is 0.632. The number of benzene rings is 1. The van der Waals surface area contributed by atoms with E-state index in [9.17, 15) is 8.42 Å². The van der Waals surface area contributed by atoms with E-state index >= 15 is 0 Å². The third-order valence-electron chi connectivity index (χ3n) is 1.54. The molecule has 0 fully saturated rings. The topological polar surface area (TPSA) is 43.4 Å². The van der Waals surface area contributed by atoms with Crippen LogP contribution in [0.1, 0.15) is 0 Å². The molecule has 0 unspecified atom stereocenters. The maximum Gasteiger partial charge on any atom is 0.252 e. The summed E-state index contributed by atoms with van der Waals surface area (Å²) in [6.45, 7) is 0. The molecule has 0 spiro atoms. The van der Waals surface area contributed by atoms with Gasteiger partial charge in [0, 0.05) is 10.8 Å². The monoisotopic (exact) mass is 320 g/mol. The lowest BCUT2D eigenvalue weighted by Crippen LogP contribution is -2.05. The fourth-order valence-electron chi connectivity index (χ4n) is 0.995. The van der Waals surface area contributed by atoms with Crippen LogP contribution in [0.5, 0.6) is 5.75 Å². The largest absolute Gasteiger partial charge is 0.495 e. The molecule has 0 aliphatic heterocycles. The summed E-state index contributed by atoms with van der Waals surface area (Å²) in [5.74, 6) is 0.212. The average molecular weight is 322 g/mol. The predicted octanol–water partition coefficient (Wildman–Crippen LogP) is 3.44. The maximum absolute atomic E-state index is 11.9. The molecule has 0 aliphatic rings. The van der Waals surface area contributed by atoms with Gasteiger partial charge in [0.2, 0.25) is 8.87 Å². The van der Waals surface area contributed by atoms with Crippen LogP contribution in [-0.2, 0) is 8.87 Å². The van der Waals surface area contributed by atoms with Gasteiger partial charge in [-0.15, -0.1) is 0 Å². The smallest absolute Gasteiger partial charge is 0.252 e. The molecule has 90 valence electrons. The number of hydrogen-bond acceptors (Lipinski definition) is 4. The molecule has 3 nitrogen and oxygen atoms in total. The molecule has 0 saturated heterocycles. The molecule has 0 amide bonds. The molecule has 1 aromatic carbocycles. The molecule has 0 aromatic heterocycles. The van der Waals surface area contributed by atoms with Gasteiger partial charge in [0.05, 0.1) is 7.11 Å². The van der Waals surface area contributed by atoms with Crippen LogP contribution in [0, 0.1) is 0 Å². The summed E-state index contributed by atoms with van der Waals surface area (Å²) in [4.78, 5) is -0.0196. The number of ether oxygens (including phenoxy) is 1. The van der Waals surface area contributed by atoms with Gasteiger partial charge in [-0.25, -0.2) is 8.42 Å². The van der Waals surface area contributed by atoms with Crippen molar-refractivity contribution in [3.05, 3.63) is 24.3 Å². The fraction of sp³-hybridized carbons (Fsp3) is 0.250. The van der Waals surface area contributed by atoms with Crippen LogP contribution in [-0.4, -0.2) is 18.7 Å². The molecule has 0 bridgehead atoms. The Bertz CT molecular complexity index is 468. The van der Waals surface area contributed by atoms with Gasteiger partial charge in [-0.1, -0.05) is 46.9 Å². The van der Waals surface area contributed by atoms with Gasteiger partial charge in [-0.05, 0) is 12.1 Å². The summed E-state index contributed by atoms with van der Waals surface area (Å²) in [6, 6.07) is 6.12. The van der Waals surface area contributed by atoms with Crippen molar-refractivity contribution in [2.24, 2.45) is 0 Å². The zero-order valence-corrected chi connectivity index (χ0v) is 11.9. The van der Waals surface area contributed by atoms with Gasteiger partial charge in [-0.3, -0.25) is 0 Å². The molecular weight excluding hydrogens is 315 g/mol. The summed E-state index contributed by atoms with van der Waals surface area (Å²) in [5.41, 5.74) is 0. The number of halogens is 3. The van der Waals surface area contributed by atoms with E-state index in [2.05, 4.69) is 0 Å². The Morgan fingerprint density at radius 1 is 1.25 bits per heavy atom. The van der Waals surface area contributed by atoms with Crippen LogP contribution in [0.25, 0.3) is 0 Å². The third-order valence-corrected chi connectivity index (χ3v) is 6.29. The van der Waals surface area contributed by atoms with Crippen molar-refractivity contribution in [2.75, 3.05) is 7.11 Å². The zero-order valence-electron chi connectivity index (χ0n) is 7.98. The molecule has 16 heavy (non-hydrogen) atoms. The lowest BCUT2D eigenvalue weighted by Gasteiger charge is -2.12. The summed E-state index contributed by atoms with van der Waals surface area (Å²) in [6.07, 6.45) is 0. The van der Waals surface area contributed by atoms with Gasteiger partial charge >= 0.3 is 0 Å². The van der Waals surface area contributed by atoms with Crippen LogP contribution in [0.4, 0.5) is 0 Å². The fourth-order valence-corrected chi connectivity index (χ4v) is 5.64. The van der Waals surface area contributed by atoms with Crippen molar-refractivity contribution >= 4 is 54.5 Å². The lowest BCUT2D eigenvalue weighted by atomic mass is 10.3. The van der Waals surface area contributed by atoms with Gasteiger partial charge in [0.1, 0.15) is 10.6 Å². The zero-order chi connectivity index (χ0) is 12.4. The molecule has 1 rings (SSSR count). The van der Waals surface area contributed by atoms with Crippen molar-refractivity contribution in [1.82, 2.24) is 0 Å². The molecule has 0 atom stereocenters.